The molecule has 2 fully saturated rings. The van der Waals surface area contributed by atoms with Crippen LogP contribution in [0.1, 0.15) is 38.5 Å². The predicted molar refractivity (Wildman–Crippen MR) is 76.9 cm³/mol. The Hall–Kier alpha value is -0.200. The number of aliphatic hydroxyl groups is 1. The average Bonchev–Trinajstić information content (AvgIpc) is 2.41. The molecule has 0 aromatic heterocycles. The van der Waals surface area contributed by atoms with Crippen LogP contribution in [0, 0.1) is 0 Å². The van der Waals surface area contributed by atoms with E-state index in [1.807, 2.05) is 0 Å². The largest absolute Gasteiger partial charge is 0.390 e. The van der Waals surface area contributed by atoms with Gasteiger partial charge in [-0.2, -0.15) is 0 Å². The fourth-order valence-corrected chi connectivity index (χ4v) is 3.36. The quantitative estimate of drug-likeness (QED) is 0.622. The lowest BCUT2D eigenvalue weighted by molar-refractivity contribution is -0.0585. The van der Waals surface area contributed by atoms with Crippen LogP contribution in [-0.2, 0) is 14.2 Å². The first-order valence-electron chi connectivity index (χ1n) is 7.85. The Morgan fingerprint density at radius 2 is 1.60 bits per heavy atom. The van der Waals surface area contributed by atoms with Crippen molar-refractivity contribution in [3.05, 3.63) is 0 Å². The molecule has 2 bridgehead atoms. The highest BCUT2D eigenvalue weighted by atomic mass is 16.5. The molecule has 0 saturated carbocycles. The normalized spacial score (nSPS) is 33.3. The molecule has 20 heavy (non-hydrogen) atoms. The lowest BCUT2D eigenvalue weighted by Crippen LogP contribution is -2.56. The Balaban J connectivity index is 1.54. The highest BCUT2D eigenvalue weighted by Crippen LogP contribution is 2.34. The van der Waals surface area contributed by atoms with E-state index < -0.39 is 5.60 Å². The summed E-state index contributed by atoms with van der Waals surface area (Å²) >= 11 is 0. The molecule has 2 aliphatic heterocycles. The van der Waals surface area contributed by atoms with Crippen molar-refractivity contribution in [2.75, 3.05) is 40.1 Å². The Labute approximate surface area is 122 Å². The van der Waals surface area contributed by atoms with Gasteiger partial charge in [0.15, 0.2) is 0 Å². The Morgan fingerprint density at radius 3 is 2.25 bits per heavy atom. The molecular weight excluding hydrogens is 258 g/mol. The van der Waals surface area contributed by atoms with Gasteiger partial charge in [-0.05, 0) is 32.1 Å². The van der Waals surface area contributed by atoms with Crippen LogP contribution in [0.5, 0.6) is 0 Å². The van der Waals surface area contributed by atoms with Crippen LogP contribution in [0.4, 0.5) is 0 Å². The number of methoxy groups -OCH3 is 1. The topological polar surface area (TPSA) is 60.0 Å². The molecule has 2 aliphatic rings. The zero-order chi connectivity index (χ0) is 14.3. The monoisotopic (exact) mass is 287 g/mol. The van der Waals surface area contributed by atoms with E-state index in [1.165, 1.54) is 19.3 Å². The third-order valence-electron chi connectivity index (χ3n) is 4.34. The minimum Gasteiger partial charge on any atom is -0.390 e. The van der Waals surface area contributed by atoms with Gasteiger partial charge in [-0.25, -0.2) is 0 Å². The van der Waals surface area contributed by atoms with E-state index in [0.29, 0.717) is 45.1 Å². The molecule has 2 atom stereocenters. The summed E-state index contributed by atoms with van der Waals surface area (Å²) in [5.41, 5.74) is -0.530. The molecule has 0 spiro atoms. The fraction of sp³-hybridized carbons (Fsp3) is 1.00. The average molecular weight is 287 g/mol. The van der Waals surface area contributed by atoms with Crippen molar-refractivity contribution >= 4 is 0 Å². The summed E-state index contributed by atoms with van der Waals surface area (Å²) in [5.74, 6) is 0. The molecule has 0 aromatic rings. The van der Waals surface area contributed by atoms with Crippen molar-refractivity contribution in [2.45, 2.75) is 56.2 Å². The molecule has 0 aromatic carbocycles. The van der Waals surface area contributed by atoms with E-state index in [1.54, 1.807) is 7.11 Å². The van der Waals surface area contributed by atoms with E-state index in [4.69, 9.17) is 14.2 Å². The third kappa shape index (κ3) is 5.30. The summed E-state index contributed by atoms with van der Waals surface area (Å²) in [6.07, 6.45) is 6.18. The molecular formula is C15H29NO4. The molecule has 5 heteroatoms. The van der Waals surface area contributed by atoms with Crippen LogP contribution in [0.2, 0.25) is 0 Å². The fourth-order valence-electron chi connectivity index (χ4n) is 3.36. The van der Waals surface area contributed by atoms with Crippen LogP contribution < -0.4 is 5.32 Å². The van der Waals surface area contributed by atoms with Crippen molar-refractivity contribution in [3.63, 3.8) is 0 Å². The molecule has 0 aliphatic carbocycles. The van der Waals surface area contributed by atoms with Gasteiger partial charge < -0.3 is 24.6 Å². The van der Waals surface area contributed by atoms with Gasteiger partial charge in [-0.15, -0.1) is 0 Å². The van der Waals surface area contributed by atoms with Gasteiger partial charge in [0.2, 0.25) is 0 Å². The van der Waals surface area contributed by atoms with Crippen LogP contribution >= 0.6 is 0 Å². The maximum Gasteiger partial charge on any atom is 0.0701 e. The Kier molecular flexibility index (Phi) is 6.71. The molecule has 2 rings (SSSR count). The Morgan fingerprint density at radius 1 is 1.00 bits per heavy atom. The predicted octanol–water partition coefficient (Wildman–Crippen LogP) is 1.09. The van der Waals surface area contributed by atoms with Crippen molar-refractivity contribution in [3.8, 4) is 0 Å². The van der Waals surface area contributed by atoms with Crippen LogP contribution in [0.25, 0.3) is 0 Å². The van der Waals surface area contributed by atoms with E-state index in [-0.39, 0.29) is 0 Å². The lowest BCUT2D eigenvalue weighted by Gasteiger charge is -2.45. The van der Waals surface area contributed by atoms with Crippen LogP contribution in [-0.4, -0.2) is 62.9 Å². The zero-order valence-corrected chi connectivity index (χ0v) is 12.6. The smallest absolute Gasteiger partial charge is 0.0701 e. The molecule has 2 heterocycles. The number of hydrogen-bond donors (Lipinski definition) is 2. The van der Waals surface area contributed by atoms with Crippen LogP contribution in [0.3, 0.4) is 0 Å². The zero-order valence-electron chi connectivity index (χ0n) is 12.6. The summed E-state index contributed by atoms with van der Waals surface area (Å²) in [6.45, 7) is 3.03. The summed E-state index contributed by atoms with van der Waals surface area (Å²) in [7, 11) is 1.66. The highest BCUT2D eigenvalue weighted by Gasteiger charge is 2.40. The molecule has 2 unspecified atom stereocenters. The summed E-state index contributed by atoms with van der Waals surface area (Å²) in [5, 5.41) is 14.3. The second-order valence-corrected chi connectivity index (χ2v) is 6.09. The molecule has 2 N–H and O–H groups in total. The van der Waals surface area contributed by atoms with Crippen molar-refractivity contribution < 1.29 is 19.3 Å². The minimum absolute atomic E-state index is 0.505. The summed E-state index contributed by atoms with van der Waals surface area (Å²) in [6, 6.07) is 1.01. The molecule has 5 nitrogen and oxygen atoms in total. The molecule has 0 radical (unpaired) electrons. The number of ether oxygens (including phenoxy) is 3. The van der Waals surface area contributed by atoms with E-state index >= 15 is 0 Å². The first kappa shape index (κ1) is 16.2. The second kappa shape index (κ2) is 8.29. The van der Waals surface area contributed by atoms with Gasteiger partial charge >= 0.3 is 0 Å². The SMILES string of the molecule is COCCOCCOCCC1(O)CC2CCCC(C1)N2. The summed E-state index contributed by atoms with van der Waals surface area (Å²) in [4.78, 5) is 0. The first-order valence-corrected chi connectivity index (χ1v) is 7.85. The van der Waals surface area contributed by atoms with Crippen molar-refractivity contribution in [1.82, 2.24) is 5.32 Å². The van der Waals surface area contributed by atoms with E-state index in [2.05, 4.69) is 5.32 Å². The molecule has 2 saturated heterocycles. The van der Waals surface area contributed by atoms with E-state index in [0.717, 1.165) is 19.3 Å². The number of piperidine rings is 2. The number of fused-ring (bicyclic) bond motifs is 2. The van der Waals surface area contributed by atoms with Gasteiger partial charge in [0.05, 0.1) is 32.0 Å². The number of hydrogen-bond acceptors (Lipinski definition) is 5. The number of rotatable bonds is 9. The van der Waals surface area contributed by atoms with E-state index in [9.17, 15) is 5.11 Å². The molecule has 118 valence electrons. The maximum absolute atomic E-state index is 10.7. The van der Waals surface area contributed by atoms with Crippen molar-refractivity contribution in [2.24, 2.45) is 0 Å². The van der Waals surface area contributed by atoms with Gasteiger partial charge in [-0.1, -0.05) is 6.42 Å². The van der Waals surface area contributed by atoms with Gasteiger partial charge in [0, 0.05) is 25.8 Å². The standard InChI is InChI=1S/C15H29NO4/c1-18-7-8-20-10-9-19-6-5-15(17)11-13-3-2-4-14(12-15)16-13/h13-14,16-17H,2-12H2,1H3. The Bertz CT molecular complexity index is 263. The third-order valence-corrected chi connectivity index (χ3v) is 4.34. The highest BCUT2D eigenvalue weighted by molar-refractivity contribution is 4.97. The van der Waals surface area contributed by atoms with Gasteiger partial charge in [-0.3, -0.25) is 0 Å². The number of nitrogens with one attached hydrogen (secondary N) is 1. The molecule has 0 amide bonds. The van der Waals surface area contributed by atoms with Crippen molar-refractivity contribution in [1.29, 1.82) is 0 Å². The van der Waals surface area contributed by atoms with Gasteiger partial charge in [0.25, 0.3) is 0 Å². The maximum atomic E-state index is 10.7. The lowest BCUT2D eigenvalue weighted by atomic mass is 9.76. The summed E-state index contributed by atoms with van der Waals surface area (Å²) < 4.78 is 15.8. The van der Waals surface area contributed by atoms with Crippen LogP contribution in [0.15, 0.2) is 0 Å². The first-order chi connectivity index (χ1) is 9.72. The minimum atomic E-state index is -0.530. The van der Waals surface area contributed by atoms with Gasteiger partial charge in [0.1, 0.15) is 0 Å². The second-order valence-electron chi connectivity index (χ2n) is 6.09.